The van der Waals surface area contributed by atoms with E-state index in [1.54, 1.807) is 17.3 Å². The Hall–Kier alpha value is -1.52. The van der Waals surface area contributed by atoms with Crippen LogP contribution in [-0.2, 0) is 11.2 Å². The Bertz CT molecular complexity index is 811. The molecule has 0 spiro atoms. The summed E-state index contributed by atoms with van der Waals surface area (Å²) in [7, 11) is 0. The highest BCUT2D eigenvalue weighted by molar-refractivity contribution is 7.99. The molecule has 3 nitrogen and oxygen atoms in total. The van der Waals surface area contributed by atoms with Crippen molar-refractivity contribution >= 4 is 17.7 Å². The number of benzene rings is 1. The van der Waals surface area contributed by atoms with Crippen LogP contribution in [0.15, 0.2) is 48.1 Å². The first-order chi connectivity index (χ1) is 15.1. The number of thioether (sulfide) groups is 1. The summed E-state index contributed by atoms with van der Waals surface area (Å²) in [4.78, 5) is 14.2. The number of amides is 1. The lowest BCUT2D eigenvalue weighted by atomic mass is 9.89. The van der Waals surface area contributed by atoms with E-state index in [1.165, 1.54) is 24.0 Å². The van der Waals surface area contributed by atoms with Crippen molar-refractivity contribution in [1.29, 1.82) is 0 Å². The van der Waals surface area contributed by atoms with Gasteiger partial charge in [-0.3, -0.25) is 4.79 Å². The fraction of sp³-hybridized carbons (Fsp3) is 0.593. The van der Waals surface area contributed by atoms with E-state index < -0.39 is 0 Å². The number of carbonyl (C=O) groups excluding carboxylic acids is 1. The number of allylic oxidation sites excluding steroid dienone is 3. The molecule has 2 aliphatic carbocycles. The molecule has 31 heavy (non-hydrogen) atoms. The molecule has 0 radical (unpaired) electrons. The third-order valence-electron chi connectivity index (χ3n) is 7.24. The van der Waals surface area contributed by atoms with Crippen molar-refractivity contribution in [2.45, 2.75) is 58.0 Å². The van der Waals surface area contributed by atoms with Gasteiger partial charge in [-0.25, -0.2) is 0 Å². The highest BCUT2D eigenvalue weighted by atomic mass is 32.2. The first kappa shape index (κ1) is 22.7. The molecule has 4 atom stereocenters. The van der Waals surface area contributed by atoms with Gasteiger partial charge in [0.2, 0.25) is 5.91 Å². The van der Waals surface area contributed by atoms with Gasteiger partial charge in [-0.15, -0.1) is 0 Å². The fourth-order valence-electron chi connectivity index (χ4n) is 5.58. The Morgan fingerprint density at radius 3 is 2.90 bits per heavy atom. The van der Waals surface area contributed by atoms with Crippen LogP contribution in [0.2, 0.25) is 0 Å². The SMILES string of the molecule is Cc1cccc(CC/C=C/[C@@H]2[C@H]3CC(CCSCC(=O)N4CCCC4)=C[C@H]3C[C@H]2O)c1. The van der Waals surface area contributed by atoms with Crippen molar-refractivity contribution < 1.29 is 9.90 Å². The molecule has 1 amide bonds. The lowest BCUT2D eigenvalue weighted by molar-refractivity contribution is -0.127. The number of rotatable bonds is 9. The minimum absolute atomic E-state index is 0.199. The summed E-state index contributed by atoms with van der Waals surface area (Å²) in [6.07, 6.45) is 14.4. The maximum Gasteiger partial charge on any atom is 0.232 e. The van der Waals surface area contributed by atoms with Crippen LogP contribution in [0, 0.1) is 24.7 Å². The molecule has 1 N–H and O–H groups in total. The van der Waals surface area contributed by atoms with Crippen LogP contribution in [0.25, 0.3) is 0 Å². The number of hydrogen-bond acceptors (Lipinski definition) is 3. The molecule has 1 saturated carbocycles. The number of aryl methyl sites for hydroxylation is 2. The topological polar surface area (TPSA) is 40.5 Å². The third-order valence-corrected chi connectivity index (χ3v) is 8.19. The van der Waals surface area contributed by atoms with Crippen molar-refractivity contribution in [3.63, 3.8) is 0 Å². The number of nitrogens with zero attached hydrogens (tertiary/aromatic N) is 1. The molecule has 3 aliphatic rings. The van der Waals surface area contributed by atoms with Gasteiger partial charge in [-0.2, -0.15) is 11.8 Å². The van der Waals surface area contributed by atoms with Crippen LogP contribution in [0.5, 0.6) is 0 Å². The highest BCUT2D eigenvalue weighted by Gasteiger charge is 2.43. The first-order valence-corrected chi connectivity index (χ1v) is 13.2. The summed E-state index contributed by atoms with van der Waals surface area (Å²) in [6.45, 7) is 4.05. The molecule has 0 unspecified atom stereocenters. The summed E-state index contributed by atoms with van der Waals surface area (Å²) in [6, 6.07) is 8.73. The van der Waals surface area contributed by atoms with Gasteiger partial charge in [0, 0.05) is 19.0 Å². The van der Waals surface area contributed by atoms with Gasteiger partial charge >= 0.3 is 0 Å². The number of aliphatic hydroxyl groups is 1. The van der Waals surface area contributed by atoms with Crippen molar-refractivity contribution in [2.75, 3.05) is 24.6 Å². The second-order valence-electron chi connectivity index (χ2n) is 9.58. The van der Waals surface area contributed by atoms with Crippen molar-refractivity contribution in [2.24, 2.45) is 17.8 Å². The third kappa shape index (κ3) is 6.04. The minimum atomic E-state index is -0.199. The Balaban J connectivity index is 1.18. The molecule has 0 aromatic heterocycles. The van der Waals surface area contributed by atoms with Gasteiger partial charge in [0.1, 0.15) is 0 Å². The molecule has 1 aliphatic heterocycles. The molecule has 1 aromatic rings. The van der Waals surface area contributed by atoms with E-state index in [2.05, 4.69) is 49.4 Å². The molecule has 1 saturated heterocycles. The molecule has 1 aromatic carbocycles. The summed E-state index contributed by atoms with van der Waals surface area (Å²) in [5.41, 5.74) is 4.25. The maximum absolute atomic E-state index is 12.2. The van der Waals surface area contributed by atoms with Crippen LogP contribution in [0.4, 0.5) is 0 Å². The summed E-state index contributed by atoms with van der Waals surface area (Å²) >= 11 is 1.78. The average molecular weight is 440 g/mol. The van der Waals surface area contributed by atoms with E-state index in [0.717, 1.165) is 50.9 Å². The molecule has 2 fully saturated rings. The summed E-state index contributed by atoms with van der Waals surface area (Å²) in [5.74, 6) is 3.37. The highest BCUT2D eigenvalue weighted by Crippen LogP contribution is 2.48. The second-order valence-corrected chi connectivity index (χ2v) is 10.7. The Labute approximate surface area is 192 Å². The van der Waals surface area contributed by atoms with Crippen LogP contribution in [0.3, 0.4) is 0 Å². The predicted octanol–water partition coefficient (Wildman–Crippen LogP) is 5.17. The van der Waals surface area contributed by atoms with Crippen molar-refractivity contribution in [3.8, 4) is 0 Å². The van der Waals surface area contributed by atoms with Crippen molar-refractivity contribution in [1.82, 2.24) is 4.90 Å². The van der Waals surface area contributed by atoms with Gasteiger partial charge in [-0.1, -0.05) is 53.6 Å². The van der Waals surface area contributed by atoms with E-state index in [4.69, 9.17) is 0 Å². The standard InChI is InChI=1S/C27H37NO2S/c1-20-7-6-9-21(15-20)8-2-3-10-24-25-17-22(16-23(25)18-26(24)29)11-14-31-19-27(30)28-12-4-5-13-28/h3,6-7,9-10,15-16,23-26,29H,2,4-5,8,11-14,17-19H2,1H3/b10-3+/t23-,24+,25-,26+/m0/s1. The lowest BCUT2D eigenvalue weighted by Gasteiger charge is -2.18. The number of hydrogen-bond donors (Lipinski definition) is 1. The molecule has 0 bridgehead atoms. The largest absolute Gasteiger partial charge is 0.392 e. The molecule has 168 valence electrons. The average Bonchev–Trinajstić information content (AvgIpc) is 3.46. The number of aliphatic hydroxyl groups excluding tert-OH is 1. The maximum atomic E-state index is 12.2. The number of fused-ring (bicyclic) bond motifs is 1. The van der Waals surface area contributed by atoms with Crippen LogP contribution < -0.4 is 0 Å². The predicted molar refractivity (Wildman–Crippen MR) is 130 cm³/mol. The quantitative estimate of drug-likeness (QED) is 0.426. The molecule has 4 rings (SSSR count). The van der Waals surface area contributed by atoms with Gasteiger partial charge in [-0.05, 0) is 75.0 Å². The van der Waals surface area contributed by atoms with Gasteiger partial charge < -0.3 is 10.0 Å². The summed E-state index contributed by atoms with van der Waals surface area (Å²) in [5, 5.41) is 10.6. The zero-order valence-corrected chi connectivity index (χ0v) is 19.7. The molecule has 1 heterocycles. The van der Waals surface area contributed by atoms with Gasteiger partial charge in [0.15, 0.2) is 0 Å². The van der Waals surface area contributed by atoms with Crippen LogP contribution in [-0.4, -0.2) is 46.6 Å². The van der Waals surface area contributed by atoms with E-state index in [9.17, 15) is 9.90 Å². The fourth-order valence-corrected chi connectivity index (χ4v) is 6.49. The Kier molecular flexibility index (Phi) is 7.95. The molecular formula is C27H37NO2S. The molecule has 4 heteroatoms. The van der Waals surface area contributed by atoms with E-state index in [-0.39, 0.29) is 6.10 Å². The van der Waals surface area contributed by atoms with Gasteiger partial charge in [0.25, 0.3) is 0 Å². The normalized spacial score (nSPS) is 27.8. The van der Waals surface area contributed by atoms with Crippen molar-refractivity contribution in [3.05, 3.63) is 59.2 Å². The minimum Gasteiger partial charge on any atom is -0.392 e. The van der Waals surface area contributed by atoms with E-state index in [0.29, 0.717) is 29.4 Å². The summed E-state index contributed by atoms with van der Waals surface area (Å²) < 4.78 is 0. The van der Waals surface area contributed by atoms with E-state index >= 15 is 0 Å². The Morgan fingerprint density at radius 1 is 1.26 bits per heavy atom. The smallest absolute Gasteiger partial charge is 0.232 e. The zero-order chi connectivity index (χ0) is 21.6. The van der Waals surface area contributed by atoms with Gasteiger partial charge in [0.05, 0.1) is 11.9 Å². The monoisotopic (exact) mass is 439 g/mol. The van der Waals surface area contributed by atoms with Crippen LogP contribution >= 0.6 is 11.8 Å². The van der Waals surface area contributed by atoms with Crippen LogP contribution in [0.1, 0.15) is 49.7 Å². The molecular weight excluding hydrogens is 402 g/mol. The second kappa shape index (κ2) is 10.9. The lowest BCUT2D eigenvalue weighted by Crippen LogP contribution is -2.29. The number of carbonyl (C=O) groups is 1. The number of likely N-dealkylation sites (tertiary alicyclic amines) is 1. The van der Waals surface area contributed by atoms with E-state index in [1.807, 2.05) is 4.90 Å². The zero-order valence-electron chi connectivity index (χ0n) is 18.8. The Morgan fingerprint density at radius 2 is 2.10 bits per heavy atom. The first-order valence-electron chi connectivity index (χ1n) is 12.1.